The third kappa shape index (κ3) is 2.62. The summed E-state index contributed by atoms with van der Waals surface area (Å²) >= 11 is 3.18. The molecule has 0 atom stereocenters. The van der Waals surface area contributed by atoms with Gasteiger partial charge in [-0.2, -0.15) is 0 Å². The third-order valence-corrected chi connectivity index (χ3v) is 4.73. The van der Waals surface area contributed by atoms with E-state index < -0.39 is 0 Å². The number of nitrogens with zero attached hydrogens (tertiary/aromatic N) is 2. The topological polar surface area (TPSA) is 33.2 Å². The molecule has 5 heteroatoms. The molecular formula is C13H14N2OS2. The number of carbonyl (C=O) groups excluding carboxylic acids is 1. The zero-order valence-electron chi connectivity index (χ0n) is 9.91. The van der Waals surface area contributed by atoms with Gasteiger partial charge in [-0.05, 0) is 24.3 Å². The van der Waals surface area contributed by atoms with Crippen molar-refractivity contribution < 1.29 is 4.79 Å². The second-order valence-corrected chi connectivity index (χ2v) is 6.31. The van der Waals surface area contributed by atoms with Gasteiger partial charge in [0.25, 0.3) is 5.91 Å². The van der Waals surface area contributed by atoms with Crippen molar-refractivity contribution in [1.29, 1.82) is 0 Å². The fourth-order valence-electron chi connectivity index (χ4n) is 1.97. The lowest BCUT2D eigenvalue weighted by Gasteiger charge is -2.21. The van der Waals surface area contributed by atoms with Crippen LogP contribution in [-0.4, -0.2) is 28.4 Å². The van der Waals surface area contributed by atoms with Crippen molar-refractivity contribution in [2.75, 3.05) is 6.54 Å². The van der Waals surface area contributed by atoms with Crippen LogP contribution in [0.3, 0.4) is 0 Å². The molecule has 1 aliphatic carbocycles. The molecule has 0 bridgehead atoms. The smallest absolute Gasteiger partial charge is 0.264 e. The Bertz CT molecular complexity index is 503. The van der Waals surface area contributed by atoms with Crippen LogP contribution in [0.2, 0.25) is 0 Å². The standard InChI is InChI=1S/C13H14N2OS2/c16-13(11-2-1-8-17-11)15(10-3-4-10)7-5-12-14-6-9-18-12/h1-2,6,8-10H,3-5,7H2. The van der Waals surface area contributed by atoms with E-state index in [-0.39, 0.29) is 5.91 Å². The minimum absolute atomic E-state index is 0.184. The Morgan fingerprint density at radius 1 is 1.39 bits per heavy atom. The summed E-state index contributed by atoms with van der Waals surface area (Å²) in [5.74, 6) is 0.184. The maximum Gasteiger partial charge on any atom is 0.264 e. The van der Waals surface area contributed by atoms with Gasteiger partial charge < -0.3 is 4.90 Å². The average Bonchev–Trinajstić information content (AvgIpc) is 2.89. The summed E-state index contributed by atoms with van der Waals surface area (Å²) in [5, 5.41) is 5.05. The number of thiophene rings is 1. The maximum absolute atomic E-state index is 12.4. The quantitative estimate of drug-likeness (QED) is 0.842. The van der Waals surface area contributed by atoms with Gasteiger partial charge in [0.15, 0.2) is 0 Å². The van der Waals surface area contributed by atoms with Gasteiger partial charge in [-0.15, -0.1) is 22.7 Å². The average molecular weight is 278 g/mol. The number of amides is 1. The number of aromatic nitrogens is 1. The van der Waals surface area contributed by atoms with E-state index >= 15 is 0 Å². The molecule has 0 unspecified atom stereocenters. The van der Waals surface area contributed by atoms with Crippen LogP contribution >= 0.6 is 22.7 Å². The first kappa shape index (κ1) is 11.9. The molecule has 1 aliphatic rings. The van der Waals surface area contributed by atoms with Crippen molar-refractivity contribution >= 4 is 28.6 Å². The molecule has 1 fully saturated rings. The van der Waals surface area contributed by atoms with Crippen LogP contribution in [-0.2, 0) is 6.42 Å². The zero-order chi connectivity index (χ0) is 12.4. The van der Waals surface area contributed by atoms with Crippen LogP contribution in [0.4, 0.5) is 0 Å². The molecule has 2 aromatic rings. The van der Waals surface area contributed by atoms with Crippen LogP contribution in [0.5, 0.6) is 0 Å². The van der Waals surface area contributed by atoms with E-state index in [0.29, 0.717) is 6.04 Å². The van der Waals surface area contributed by atoms with Gasteiger partial charge in [0.2, 0.25) is 0 Å². The molecule has 0 spiro atoms. The molecule has 18 heavy (non-hydrogen) atoms. The van der Waals surface area contributed by atoms with E-state index in [1.54, 1.807) is 11.3 Å². The van der Waals surface area contributed by atoms with Crippen molar-refractivity contribution in [1.82, 2.24) is 9.88 Å². The minimum atomic E-state index is 0.184. The lowest BCUT2D eigenvalue weighted by molar-refractivity contribution is 0.0750. The van der Waals surface area contributed by atoms with E-state index in [0.717, 1.165) is 35.7 Å². The highest BCUT2D eigenvalue weighted by atomic mass is 32.1. The van der Waals surface area contributed by atoms with E-state index in [9.17, 15) is 4.79 Å². The van der Waals surface area contributed by atoms with Gasteiger partial charge in [0.05, 0.1) is 9.88 Å². The molecule has 1 amide bonds. The minimum Gasteiger partial charge on any atom is -0.335 e. The van der Waals surface area contributed by atoms with Crippen molar-refractivity contribution in [3.63, 3.8) is 0 Å². The Balaban J connectivity index is 1.67. The Morgan fingerprint density at radius 3 is 2.89 bits per heavy atom. The van der Waals surface area contributed by atoms with Crippen molar-refractivity contribution in [3.05, 3.63) is 39.0 Å². The molecular weight excluding hydrogens is 264 g/mol. The third-order valence-electron chi connectivity index (χ3n) is 3.03. The van der Waals surface area contributed by atoms with Crippen molar-refractivity contribution in [2.45, 2.75) is 25.3 Å². The highest BCUT2D eigenvalue weighted by Gasteiger charge is 2.33. The maximum atomic E-state index is 12.4. The van der Waals surface area contributed by atoms with E-state index in [4.69, 9.17) is 0 Å². The summed E-state index contributed by atoms with van der Waals surface area (Å²) < 4.78 is 0. The molecule has 3 rings (SSSR count). The molecule has 1 saturated carbocycles. The second-order valence-electron chi connectivity index (χ2n) is 4.38. The Labute approximate surface area is 114 Å². The number of rotatable bonds is 5. The Morgan fingerprint density at radius 2 is 2.28 bits per heavy atom. The van der Waals surface area contributed by atoms with Crippen LogP contribution in [0, 0.1) is 0 Å². The van der Waals surface area contributed by atoms with Gasteiger partial charge in [-0.1, -0.05) is 6.07 Å². The SMILES string of the molecule is O=C(c1cccs1)N(CCc1nccs1)C1CC1. The summed E-state index contributed by atoms with van der Waals surface area (Å²) in [7, 11) is 0. The first-order valence-electron chi connectivity index (χ1n) is 6.07. The second kappa shape index (κ2) is 5.20. The highest BCUT2D eigenvalue weighted by Crippen LogP contribution is 2.29. The number of hydrogen-bond donors (Lipinski definition) is 0. The van der Waals surface area contributed by atoms with Crippen LogP contribution in [0.1, 0.15) is 27.5 Å². The molecule has 0 aliphatic heterocycles. The number of thiazole rings is 1. The summed E-state index contributed by atoms with van der Waals surface area (Å²) in [4.78, 5) is 19.5. The first-order valence-corrected chi connectivity index (χ1v) is 7.83. The summed E-state index contributed by atoms with van der Waals surface area (Å²) in [6, 6.07) is 4.30. The molecule has 3 nitrogen and oxygen atoms in total. The van der Waals surface area contributed by atoms with Gasteiger partial charge in [0, 0.05) is 30.6 Å². The van der Waals surface area contributed by atoms with Crippen molar-refractivity contribution in [2.24, 2.45) is 0 Å². The van der Waals surface area contributed by atoms with Crippen molar-refractivity contribution in [3.8, 4) is 0 Å². The first-order chi connectivity index (χ1) is 8.84. The van der Waals surface area contributed by atoms with Gasteiger partial charge in [-0.3, -0.25) is 4.79 Å². The summed E-state index contributed by atoms with van der Waals surface area (Å²) in [6.07, 6.45) is 4.98. The monoisotopic (exact) mass is 278 g/mol. The molecule has 0 aromatic carbocycles. The normalized spacial score (nSPS) is 14.7. The lowest BCUT2D eigenvalue weighted by Crippen LogP contribution is -2.34. The number of hydrogen-bond acceptors (Lipinski definition) is 4. The van der Waals surface area contributed by atoms with Crippen LogP contribution < -0.4 is 0 Å². The van der Waals surface area contributed by atoms with Gasteiger partial charge >= 0.3 is 0 Å². The Hall–Kier alpha value is -1.20. The summed E-state index contributed by atoms with van der Waals surface area (Å²) in [6.45, 7) is 0.787. The van der Waals surface area contributed by atoms with Gasteiger partial charge in [-0.25, -0.2) is 4.98 Å². The van der Waals surface area contributed by atoms with Gasteiger partial charge in [0.1, 0.15) is 0 Å². The van der Waals surface area contributed by atoms with E-state index in [1.165, 1.54) is 11.3 Å². The van der Waals surface area contributed by atoms with Crippen LogP contribution in [0.25, 0.3) is 0 Å². The summed E-state index contributed by atoms with van der Waals surface area (Å²) in [5.41, 5.74) is 0. The predicted molar refractivity (Wildman–Crippen MR) is 74.2 cm³/mol. The fourth-order valence-corrected chi connectivity index (χ4v) is 3.26. The zero-order valence-corrected chi connectivity index (χ0v) is 11.5. The Kier molecular flexibility index (Phi) is 3.43. The van der Waals surface area contributed by atoms with E-state index in [2.05, 4.69) is 4.98 Å². The molecule has 0 N–H and O–H groups in total. The molecule has 2 heterocycles. The molecule has 94 valence electrons. The van der Waals surface area contributed by atoms with Crippen LogP contribution in [0.15, 0.2) is 29.1 Å². The fraction of sp³-hybridized carbons (Fsp3) is 0.385. The molecule has 2 aromatic heterocycles. The molecule has 0 radical (unpaired) electrons. The largest absolute Gasteiger partial charge is 0.335 e. The van der Waals surface area contributed by atoms with E-state index in [1.807, 2.05) is 34.0 Å². The lowest BCUT2D eigenvalue weighted by atomic mass is 10.3. The highest BCUT2D eigenvalue weighted by molar-refractivity contribution is 7.12. The molecule has 0 saturated heterocycles. The number of carbonyl (C=O) groups is 1. The predicted octanol–water partition coefficient (Wildman–Crippen LogP) is 3.05.